The second-order valence-corrected chi connectivity index (χ2v) is 8.55. The van der Waals surface area contributed by atoms with Gasteiger partial charge in [0.15, 0.2) is 5.11 Å². The number of halogens is 1. The summed E-state index contributed by atoms with van der Waals surface area (Å²) in [4.78, 5) is 6.69. The molecule has 0 amide bonds. The van der Waals surface area contributed by atoms with E-state index in [1.54, 1.807) is 13.2 Å². The van der Waals surface area contributed by atoms with Crippen LogP contribution in [0, 0.1) is 5.82 Å². The number of ether oxygens (including phenoxy) is 1. The molecule has 0 aliphatic carbocycles. The summed E-state index contributed by atoms with van der Waals surface area (Å²) in [6.45, 7) is 2.53. The maximum atomic E-state index is 14.1. The van der Waals surface area contributed by atoms with E-state index in [0.29, 0.717) is 28.9 Å². The minimum Gasteiger partial charge on any atom is -0.497 e. The highest BCUT2D eigenvalue weighted by Crippen LogP contribution is 2.38. The summed E-state index contributed by atoms with van der Waals surface area (Å²) < 4.78 is 25.1. The van der Waals surface area contributed by atoms with Gasteiger partial charge in [0.05, 0.1) is 18.7 Å². The van der Waals surface area contributed by atoms with Crippen LogP contribution in [-0.4, -0.2) is 27.3 Å². The molecule has 1 aliphatic heterocycles. The van der Waals surface area contributed by atoms with Gasteiger partial charge in [0.1, 0.15) is 11.6 Å². The van der Waals surface area contributed by atoms with Crippen LogP contribution in [0.15, 0.2) is 89.1 Å². The predicted octanol–water partition coefficient (Wildman–Crippen LogP) is 5.75. The lowest BCUT2D eigenvalue weighted by Crippen LogP contribution is -2.45. The van der Waals surface area contributed by atoms with E-state index in [4.69, 9.17) is 26.5 Å². The van der Waals surface area contributed by atoms with Gasteiger partial charge in [0.25, 0.3) is 5.89 Å². The van der Waals surface area contributed by atoms with Gasteiger partial charge in [-0.3, -0.25) is 0 Å². The predicted molar refractivity (Wildman–Crippen MR) is 136 cm³/mol. The highest BCUT2D eigenvalue weighted by molar-refractivity contribution is 7.80. The van der Waals surface area contributed by atoms with Crippen molar-refractivity contribution < 1.29 is 13.7 Å². The third-order valence-corrected chi connectivity index (χ3v) is 6.30. The first-order valence-electron chi connectivity index (χ1n) is 11.1. The maximum Gasteiger partial charge on any atom is 0.258 e. The van der Waals surface area contributed by atoms with Crippen LogP contribution in [0.2, 0.25) is 0 Å². The third kappa shape index (κ3) is 4.65. The Kier molecular flexibility index (Phi) is 6.29. The fraction of sp³-hybridized carbons (Fsp3) is 0.148. The largest absolute Gasteiger partial charge is 0.497 e. The minimum atomic E-state index is -0.450. The summed E-state index contributed by atoms with van der Waals surface area (Å²) in [5.41, 5.74) is 4.21. The van der Waals surface area contributed by atoms with Crippen molar-refractivity contribution in [1.82, 2.24) is 20.4 Å². The van der Waals surface area contributed by atoms with Gasteiger partial charge in [-0.15, -0.1) is 0 Å². The van der Waals surface area contributed by atoms with Crippen molar-refractivity contribution >= 4 is 22.9 Å². The van der Waals surface area contributed by atoms with Gasteiger partial charge in [-0.05, 0) is 66.7 Å². The first-order chi connectivity index (χ1) is 17.0. The average Bonchev–Trinajstić information content (AvgIpc) is 3.36. The number of aromatic nitrogens is 2. The number of nitrogens with one attached hydrogen (secondary N) is 1. The molecule has 1 aliphatic rings. The lowest BCUT2D eigenvalue weighted by Gasteiger charge is -2.37. The SMILES string of the molecule is COc1ccc(-c2noc(C3=C(C)N(Cc4ccccc4)C(=S)NC3c3cccc(F)c3)n2)cc1. The number of hydrogen-bond donors (Lipinski definition) is 1. The molecule has 0 saturated heterocycles. The fourth-order valence-corrected chi connectivity index (χ4v) is 4.46. The molecule has 1 aromatic heterocycles. The topological polar surface area (TPSA) is 63.4 Å². The molecule has 1 unspecified atom stereocenters. The molecule has 5 rings (SSSR count). The Balaban J connectivity index is 1.58. The van der Waals surface area contributed by atoms with Crippen LogP contribution in [-0.2, 0) is 6.54 Å². The van der Waals surface area contributed by atoms with Gasteiger partial charge < -0.3 is 19.5 Å². The number of rotatable bonds is 6. The van der Waals surface area contributed by atoms with Crippen molar-refractivity contribution in [1.29, 1.82) is 0 Å². The van der Waals surface area contributed by atoms with Gasteiger partial charge in [-0.1, -0.05) is 47.6 Å². The Morgan fingerprint density at radius 2 is 1.83 bits per heavy atom. The summed E-state index contributed by atoms with van der Waals surface area (Å²) >= 11 is 5.73. The van der Waals surface area contributed by atoms with Crippen molar-refractivity contribution in [3.63, 3.8) is 0 Å². The molecule has 8 heteroatoms. The first-order valence-corrected chi connectivity index (χ1v) is 11.5. The van der Waals surface area contributed by atoms with E-state index < -0.39 is 6.04 Å². The van der Waals surface area contributed by atoms with Crippen LogP contribution >= 0.6 is 12.2 Å². The van der Waals surface area contributed by atoms with Crippen LogP contribution in [0.1, 0.15) is 30.0 Å². The van der Waals surface area contributed by atoms with Gasteiger partial charge in [0.2, 0.25) is 5.82 Å². The smallest absolute Gasteiger partial charge is 0.258 e. The standard InChI is InChI=1S/C27H23FN4O2S/c1-17-23(26-30-25(31-34-26)19-11-13-22(33-2)14-12-19)24(20-9-6-10-21(28)15-20)29-27(35)32(17)16-18-7-4-3-5-8-18/h3-15,24H,16H2,1-2H3,(H,29,35). The van der Waals surface area contributed by atoms with Crippen molar-refractivity contribution in [2.75, 3.05) is 7.11 Å². The summed E-state index contributed by atoms with van der Waals surface area (Å²) in [5, 5.41) is 8.11. The number of methoxy groups -OCH3 is 1. The van der Waals surface area contributed by atoms with Crippen LogP contribution in [0.25, 0.3) is 17.0 Å². The fourth-order valence-electron chi connectivity index (χ4n) is 4.14. The molecule has 1 atom stereocenters. The lowest BCUT2D eigenvalue weighted by molar-refractivity contribution is 0.396. The quantitative estimate of drug-likeness (QED) is 0.348. The van der Waals surface area contributed by atoms with Crippen LogP contribution in [0.5, 0.6) is 5.75 Å². The molecule has 1 N–H and O–H groups in total. The van der Waals surface area contributed by atoms with Crippen LogP contribution < -0.4 is 10.1 Å². The van der Waals surface area contributed by atoms with Gasteiger partial charge in [-0.25, -0.2) is 4.39 Å². The Labute approximate surface area is 208 Å². The second-order valence-electron chi connectivity index (χ2n) is 8.16. The molecule has 0 saturated carbocycles. The van der Waals surface area contributed by atoms with Crippen LogP contribution in [0.4, 0.5) is 4.39 Å². The van der Waals surface area contributed by atoms with Crippen molar-refractivity contribution in [2.24, 2.45) is 0 Å². The number of nitrogens with zero attached hydrogens (tertiary/aromatic N) is 3. The molecule has 2 heterocycles. The summed E-state index contributed by atoms with van der Waals surface area (Å²) in [6, 6.07) is 23.4. The second kappa shape index (κ2) is 9.68. The van der Waals surface area contributed by atoms with Gasteiger partial charge in [0, 0.05) is 17.8 Å². The summed E-state index contributed by atoms with van der Waals surface area (Å²) in [7, 11) is 1.62. The van der Waals surface area contributed by atoms with E-state index in [-0.39, 0.29) is 5.82 Å². The Morgan fingerprint density at radius 1 is 1.06 bits per heavy atom. The van der Waals surface area contributed by atoms with E-state index in [2.05, 4.69) is 10.5 Å². The van der Waals surface area contributed by atoms with E-state index in [1.165, 1.54) is 12.1 Å². The van der Waals surface area contributed by atoms with Gasteiger partial charge >= 0.3 is 0 Å². The molecule has 3 aromatic carbocycles. The Bertz CT molecular complexity index is 1390. The normalized spacial score (nSPS) is 15.8. The average molecular weight is 487 g/mol. The third-order valence-electron chi connectivity index (χ3n) is 5.97. The highest BCUT2D eigenvalue weighted by atomic mass is 32.1. The lowest BCUT2D eigenvalue weighted by atomic mass is 9.94. The zero-order valence-corrected chi connectivity index (χ0v) is 20.1. The first kappa shape index (κ1) is 22.7. The van der Waals surface area contributed by atoms with Crippen molar-refractivity contribution in [2.45, 2.75) is 19.5 Å². The van der Waals surface area contributed by atoms with Crippen LogP contribution in [0.3, 0.4) is 0 Å². The summed E-state index contributed by atoms with van der Waals surface area (Å²) in [5.74, 6) is 1.20. The highest BCUT2D eigenvalue weighted by Gasteiger charge is 2.34. The molecule has 4 aromatic rings. The Hall–Kier alpha value is -4.04. The molecular weight excluding hydrogens is 463 g/mol. The minimum absolute atomic E-state index is 0.330. The van der Waals surface area contributed by atoms with E-state index in [9.17, 15) is 4.39 Å². The zero-order valence-electron chi connectivity index (χ0n) is 19.2. The number of hydrogen-bond acceptors (Lipinski definition) is 5. The monoisotopic (exact) mass is 486 g/mol. The molecule has 35 heavy (non-hydrogen) atoms. The maximum absolute atomic E-state index is 14.1. The van der Waals surface area contributed by atoms with Crippen molar-refractivity contribution in [3.8, 4) is 17.1 Å². The molecule has 0 radical (unpaired) electrons. The zero-order chi connectivity index (χ0) is 24.4. The molecule has 176 valence electrons. The molecule has 0 bridgehead atoms. The van der Waals surface area contributed by atoms with E-state index in [0.717, 1.165) is 28.1 Å². The van der Waals surface area contributed by atoms with E-state index >= 15 is 0 Å². The number of thiocarbonyl (C=S) groups is 1. The summed E-state index contributed by atoms with van der Waals surface area (Å²) in [6.07, 6.45) is 0. The number of allylic oxidation sites excluding steroid dienone is 1. The van der Waals surface area contributed by atoms with Gasteiger partial charge in [-0.2, -0.15) is 4.98 Å². The molecular formula is C27H23FN4O2S. The van der Waals surface area contributed by atoms with E-state index in [1.807, 2.05) is 72.5 Å². The Morgan fingerprint density at radius 3 is 2.54 bits per heavy atom. The molecule has 6 nitrogen and oxygen atoms in total. The van der Waals surface area contributed by atoms with Crippen molar-refractivity contribution in [3.05, 3.63) is 107 Å². The molecule has 0 spiro atoms. The number of benzene rings is 3. The molecule has 0 fully saturated rings.